The molecule has 1 aromatic rings. The second-order valence-corrected chi connectivity index (χ2v) is 3.60. The molecular weight excluding hydrogens is 180 g/mol. The Morgan fingerprint density at radius 2 is 2.21 bits per heavy atom. The summed E-state index contributed by atoms with van der Waals surface area (Å²) in [4.78, 5) is 11.5. The highest BCUT2D eigenvalue weighted by Crippen LogP contribution is 2.25. The van der Waals surface area contributed by atoms with E-state index in [2.05, 4.69) is 10.4 Å². The number of nitrogens with two attached hydrogens (primary N) is 1. The van der Waals surface area contributed by atoms with Gasteiger partial charge in [0.2, 0.25) is 5.91 Å². The Morgan fingerprint density at radius 1 is 1.50 bits per heavy atom. The summed E-state index contributed by atoms with van der Waals surface area (Å²) in [6.07, 6.45) is 4.90. The minimum absolute atomic E-state index is 0.289. The van der Waals surface area contributed by atoms with E-state index in [0.29, 0.717) is 12.8 Å². The summed E-state index contributed by atoms with van der Waals surface area (Å²) in [6.45, 7) is 1.62. The third kappa shape index (κ3) is 1.29. The molecule has 5 heteroatoms. The molecule has 0 aromatic carbocycles. The van der Waals surface area contributed by atoms with Gasteiger partial charge < -0.3 is 11.1 Å². The largest absolute Gasteiger partial charge is 0.368 e. The molecular formula is C9H14N4O. The third-order valence-electron chi connectivity index (χ3n) is 2.83. The minimum atomic E-state index is -0.616. The molecule has 0 unspecified atom stereocenters. The SMILES string of the molecule is NC(=O)C1(n2cccn2)CCNCC1. The predicted octanol–water partition coefficient (Wildman–Crippen LogP) is -0.553. The molecule has 5 nitrogen and oxygen atoms in total. The van der Waals surface area contributed by atoms with Gasteiger partial charge >= 0.3 is 0 Å². The predicted molar refractivity (Wildman–Crippen MR) is 51.5 cm³/mol. The number of hydrogen-bond donors (Lipinski definition) is 2. The number of carbonyl (C=O) groups is 1. The number of piperidine rings is 1. The highest BCUT2D eigenvalue weighted by atomic mass is 16.1. The number of carbonyl (C=O) groups excluding carboxylic acids is 1. The van der Waals surface area contributed by atoms with Gasteiger partial charge in [0.15, 0.2) is 0 Å². The first-order valence-electron chi connectivity index (χ1n) is 4.76. The van der Waals surface area contributed by atoms with Crippen LogP contribution in [0.2, 0.25) is 0 Å². The van der Waals surface area contributed by atoms with Gasteiger partial charge in [-0.3, -0.25) is 9.48 Å². The molecule has 1 saturated heterocycles. The van der Waals surface area contributed by atoms with Crippen molar-refractivity contribution in [1.82, 2.24) is 15.1 Å². The van der Waals surface area contributed by atoms with Gasteiger partial charge in [0.1, 0.15) is 5.54 Å². The Morgan fingerprint density at radius 3 is 2.71 bits per heavy atom. The van der Waals surface area contributed by atoms with Gasteiger partial charge in [-0.1, -0.05) is 0 Å². The molecule has 76 valence electrons. The molecule has 1 fully saturated rings. The lowest BCUT2D eigenvalue weighted by Crippen LogP contribution is -2.53. The summed E-state index contributed by atoms with van der Waals surface area (Å²) in [5.74, 6) is -0.289. The Labute approximate surface area is 82.3 Å². The summed E-state index contributed by atoms with van der Waals surface area (Å²) in [7, 11) is 0. The number of primary amides is 1. The van der Waals surface area contributed by atoms with Gasteiger partial charge in [0, 0.05) is 12.4 Å². The van der Waals surface area contributed by atoms with Crippen LogP contribution in [-0.2, 0) is 10.3 Å². The zero-order valence-electron chi connectivity index (χ0n) is 7.94. The van der Waals surface area contributed by atoms with Crippen molar-refractivity contribution in [2.45, 2.75) is 18.4 Å². The van der Waals surface area contributed by atoms with Crippen LogP contribution in [0.25, 0.3) is 0 Å². The second kappa shape index (κ2) is 3.42. The average molecular weight is 194 g/mol. The fourth-order valence-corrected chi connectivity index (χ4v) is 1.95. The molecule has 3 N–H and O–H groups in total. The van der Waals surface area contributed by atoms with Crippen molar-refractivity contribution in [3.05, 3.63) is 18.5 Å². The van der Waals surface area contributed by atoms with E-state index in [1.165, 1.54) is 0 Å². The molecule has 1 amide bonds. The van der Waals surface area contributed by atoms with Crippen LogP contribution in [0.5, 0.6) is 0 Å². The maximum Gasteiger partial charge on any atom is 0.245 e. The molecule has 0 bridgehead atoms. The van der Waals surface area contributed by atoms with E-state index in [0.717, 1.165) is 13.1 Å². The van der Waals surface area contributed by atoms with Crippen molar-refractivity contribution in [2.75, 3.05) is 13.1 Å². The van der Waals surface area contributed by atoms with Crippen LogP contribution in [-0.4, -0.2) is 28.8 Å². The lowest BCUT2D eigenvalue weighted by atomic mass is 9.88. The quantitative estimate of drug-likeness (QED) is 0.663. The van der Waals surface area contributed by atoms with Crippen molar-refractivity contribution in [3.63, 3.8) is 0 Å². The Hall–Kier alpha value is -1.36. The number of rotatable bonds is 2. The molecule has 0 saturated carbocycles. The molecule has 0 radical (unpaired) electrons. The Kier molecular flexibility index (Phi) is 2.25. The van der Waals surface area contributed by atoms with Gasteiger partial charge in [-0.15, -0.1) is 0 Å². The summed E-state index contributed by atoms with van der Waals surface area (Å²) >= 11 is 0. The summed E-state index contributed by atoms with van der Waals surface area (Å²) in [5, 5.41) is 7.33. The van der Waals surface area contributed by atoms with E-state index in [1.807, 2.05) is 6.07 Å². The van der Waals surface area contributed by atoms with Gasteiger partial charge in [0.25, 0.3) is 0 Å². The van der Waals surface area contributed by atoms with Gasteiger partial charge in [-0.25, -0.2) is 0 Å². The topological polar surface area (TPSA) is 72.9 Å². The van der Waals surface area contributed by atoms with Crippen LogP contribution in [0.15, 0.2) is 18.5 Å². The average Bonchev–Trinajstić information content (AvgIpc) is 2.72. The van der Waals surface area contributed by atoms with Crippen LogP contribution in [0.1, 0.15) is 12.8 Å². The lowest BCUT2D eigenvalue weighted by Gasteiger charge is -2.34. The molecule has 1 aromatic heterocycles. The summed E-state index contributed by atoms with van der Waals surface area (Å²) in [5.41, 5.74) is 4.85. The van der Waals surface area contributed by atoms with Crippen LogP contribution in [0.3, 0.4) is 0 Å². The van der Waals surface area contributed by atoms with Gasteiger partial charge in [0.05, 0.1) is 0 Å². The van der Waals surface area contributed by atoms with Crippen molar-refractivity contribution >= 4 is 5.91 Å². The van der Waals surface area contributed by atoms with E-state index in [-0.39, 0.29) is 5.91 Å². The highest BCUT2D eigenvalue weighted by Gasteiger charge is 2.40. The maximum atomic E-state index is 11.5. The Balaban J connectivity index is 2.35. The zero-order valence-corrected chi connectivity index (χ0v) is 7.94. The maximum absolute atomic E-state index is 11.5. The number of hydrogen-bond acceptors (Lipinski definition) is 3. The highest BCUT2D eigenvalue weighted by molar-refractivity contribution is 5.82. The van der Waals surface area contributed by atoms with Crippen LogP contribution in [0, 0.1) is 0 Å². The number of nitrogens with zero attached hydrogens (tertiary/aromatic N) is 2. The molecule has 1 aliphatic heterocycles. The van der Waals surface area contributed by atoms with Crippen molar-refractivity contribution in [1.29, 1.82) is 0 Å². The smallest absolute Gasteiger partial charge is 0.245 e. The number of aromatic nitrogens is 2. The van der Waals surface area contributed by atoms with E-state index >= 15 is 0 Å². The fraction of sp³-hybridized carbons (Fsp3) is 0.556. The summed E-state index contributed by atoms with van der Waals surface area (Å²) in [6, 6.07) is 1.81. The molecule has 2 rings (SSSR count). The molecule has 0 aliphatic carbocycles. The number of nitrogens with one attached hydrogen (secondary N) is 1. The molecule has 1 aliphatic rings. The first kappa shape index (κ1) is 9.21. The van der Waals surface area contributed by atoms with Crippen LogP contribution >= 0.6 is 0 Å². The Bertz CT molecular complexity index is 314. The van der Waals surface area contributed by atoms with Crippen molar-refractivity contribution < 1.29 is 4.79 Å². The lowest BCUT2D eigenvalue weighted by molar-refractivity contribution is -0.128. The van der Waals surface area contributed by atoms with E-state index in [4.69, 9.17) is 5.73 Å². The monoisotopic (exact) mass is 194 g/mol. The fourth-order valence-electron chi connectivity index (χ4n) is 1.95. The minimum Gasteiger partial charge on any atom is -0.368 e. The van der Waals surface area contributed by atoms with Gasteiger partial charge in [-0.2, -0.15) is 5.10 Å². The second-order valence-electron chi connectivity index (χ2n) is 3.60. The first-order valence-corrected chi connectivity index (χ1v) is 4.76. The van der Waals surface area contributed by atoms with E-state index in [9.17, 15) is 4.79 Å². The first-order chi connectivity index (χ1) is 6.76. The van der Waals surface area contributed by atoms with Crippen molar-refractivity contribution in [3.8, 4) is 0 Å². The molecule has 14 heavy (non-hydrogen) atoms. The van der Waals surface area contributed by atoms with E-state index in [1.54, 1.807) is 17.1 Å². The normalized spacial score (nSPS) is 20.6. The molecule has 0 atom stereocenters. The number of amides is 1. The summed E-state index contributed by atoms with van der Waals surface area (Å²) < 4.78 is 1.69. The molecule has 0 spiro atoms. The molecule has 2 heterocycles. The van der Waals surface area contributed by atoms with Crippen LogP contribution in [0.4, 0.5) is 0 Å². The van der Waals surface area contributed by atoms with Crippen molar-refractivity contribution in [2.24, 2.45) is 5.73 Å². The zero-order chi connectivity index (χ0) is 10.0. The third-order valence-corrected chi connectivity index (χ3v) is 2.83. The van der Waals surface area contributed by atoms with Gasteiger partial charge in [-0.05, 0) is 32.0 Å². The van der Waals surface area contributed by atoms with Crippen LogP contribution < -0.4 is 11.1 Å². The van der Waals surface area contributed by atoms with E-state index < -0.39 is 5.54 Å². The standard InChI is InChI=1S/C9H14N4O/c10-8(14)9(2-5-11-6-3-9)13-7-1-4-12-13/h1,4,7,11H,2-3,5-6H2,(H2,10,14).